The van der Waals surface area contributed by atoms with E-state index < -0.39 is 72.5 Å². The maximum Gasteiger partial charge on any atom is 0.490 e. The molecule has 0 radical (unpaired) electrons. The predicted octanol–water partition coefficient (Wildman–Crippen LogP) is -1.52. The Morgan fingerprint density at radius 3 is 2.19 bits per heavy atom. The van der Waals surface area contributed by atoms with Gasteiger partial charge in [-0.15, -0.1) is 0 Å². The number of H-pyrrole nitrogens is 1. The van der Waals surface area contributed by atoms with Gasteiger partial charge in [-0.1, -0.05) is 0 Å². The first-order chi connectivity index (χ1) is 14.5. The lowest BCUT2D eigenvalue weighted by molar-refractivity contribution is -0.206. The molecule has 0 aliphatic carbocycles. The van der Waals surface area contributed by atoms with E-state index >= 15 is 0 Å². The number of hydrogen-bond acceptors (Lipinski definition) is 11. The summed E-state index contributed by atoms with van der Waals surface area (Å²) in [6.07, 6.45) is -2.79. The molecular formula is C11H20FN2O15P3. The lowest BCUT2D eigenvalue weighted by atomic mass is 10.0. The van der Waals surface area contributed by atoms with Crippen molar-refractivity contribution >= 4 is 23.5 Å². The number of nitrogens with one attached hydrogen (secondary N) is 1. The predicted molar refractivity (Wildman–Crippen MR) is 98.7 cm³/mol. The number of aromatic amines is 1. The second-order valence-corrected chi connectivity index (χ2v) is 10.4. The number of alkyl halides is 1. The van der Waals surface area contributed by atoms with Crippen molar-refractivity contribution < 1.29 is 65.8 Å². The highest BCUT2D eigenvalue weighted by atomic mass is 31.3. The number of halogens is 1. The number of aliphatic hydroxyl groups excluding tert-OH is 2. The third-order valence-corrected chi connectivity index (χ3v) is 7.35. The topological polar surface area (TPSA) is 264 Å². The smallest absolute Gasteiger partial charge is 0.392 e. The van der Waals surface area contributed by atoms with Crippen molar-refractivity contribution in [2.45, 2.75) is 24.9 Å². The van der Waals surface area contributed by atoms with E-state index in [-0.39, 0.29) is 0 Å². The van der Waals surface area contributed by atoms with Crippen LogP contribution in [-0.4, -0.2) is 70.9 Å². The maximum atomic E-state index is 13.8. The molecule has 0 fully saturated rings. The Kier molecular flexibility index (Phi) is 9.84. The zero-order valence-corrected chi connectivity index (χ0v) is 18.6. The first-order valence-corrected chi connectivity index (χ1v) is 12.6. The van der Waals surface area contributed by atoms with Crippen LogP contribution < -0.4 is 11.2 Å². The summed E-state index contributed by atoms with van der Waals surface area (Å²) in [5, 5.41) is 19.4. The van der Waals surface area contributed by atoms with Gasteiger partial charge in [0.2, 0.25) is 0 Å². The Hall–Kier alpha value is -1.10. The molecule has 0 aromatic carbocycles. The number of nitrogens with zero attached hydrogens (tertiary/aromatic N) is 1. The summed E-state index contributed by atoms with van der Waals surface area (Å²) in [7, 11) is -17.2. The van der Waals surface area contributed by atoms with E-state index in [2.05, 4.69) is 13.1 Å². The van der Waals surface area contributed by atoms with E-state index in [1.54, 1.807) is 0 Å². The molecule has 32 heavy (non-hydrogen) atoms. The molecule has 1 aromatic heterocycles. The van der Waals surface area contributed by atoms with Crippen LogP contribution in [-0.2, 0) is 31.6 Å². The second-order valence-electron chi connectivity index (χ2n) is 6.01. The highest BCUT2D eigenvalue weighted by molar-refractivity contribution is 7.66. The minimum Gasteiger partial charge on any atom is -0.392 e. The molecular weight excluding hydrogens is 512 g/mol. The van der Waals surface area contributed by atoms with Crippen molar-refractivity contribution in [2.24, 2.45) is 0 Å². The summed E-state index contributed by atoms with van der Waals surface area (Å²) in [5.74, 6) is 0. The van der Waals surface area contributed by atoms with Gasteiger partial charge in [-0.2, -0.15) is 8.62 Å². The number of hydrogen-bond donors (Lipinski definition) is 7. The van der Waals surface area contributed by atoms with Crippen LogP contribution in [0.4, 0.5) is 4.39 Å². The third kappa shape index (κ3) is 8.68. The molecule has 5 atom stereocenters. The molecule has 0 aliphatic heterocycles. The standard InChI is InChI=1S/C11H20FN2O15P3/c1-7(16)11(5-12,27-9(4-15)14-3-2-8(17)13-10(14)18)6-26-31(22,23)29-32(24,25)28-30(19,20)21/h2-3,7,9,15-16H,4-6H2,1H3,(H,22,23)(H,24,25)(H,13,17,18)(H2,19,20,21)/t7-,9+,11+/m0/s1. The number of phosphoric acid groups is 3. The van der Waals surface area contributed by atoms with Crippen molar-refractivity contribution in [3.05, 3.63) is 33.1 Å². The van der Waals surface area contributed by atoms with Crippen LogP contribution in [0, 0.1) is 0 Å². The molecule has 0 bridgehead atoms. The Balaban J connectivity index is 3.12. The van der Waals surface area contributed by atoms with Gasteiger partial charge in [-0.25, -0.2) is 22.9 Å². The minimum atomic E-state index is -5.86. The van der Waals surface area contributed by atoms with Crippen molar-refractivity contribution in [1.82, 2.24) is 9.55 Å². The molecule has 7 N–H and O–H groups in total. The molecule has 17 nitrogen and oxygen atoms in total. The molecule has 0 saturated heterocycles. The van der Waals surface area contributed by atoms with Crippen LogP contribution in [0.25, 0.3) is 0 Å². The number of ether oxygens (including phenoxy) is 1. The van der Waals surface area contributed by atoms with Crippen LogP contribution >= 0.6 is 23.5 Å². The van der Waals surface area contributed by atoms with Gasteiger partial charge in [0, 0.05) is 12.3 Å². The average molecular weight is 532 g/mol. The molecule has 0 amide bonds. The molecule has 1 heterocycles. The van der Waals surface area contributed by atoms with Crippen molar-refractivity contribution in [3.63, 3.8) is 0 Å². The van der Waals surface area contributed by atoms with Gasteiger partial charge in [-0.05, 0) is 6.92 Å². The summed E-state index contributed by atoms with van der Waals surface area (Å²) in [6.45, 7) is -3.21. The lowest BCUT2D eigenvalue weighted by Crippen LogP contribution is -2.52. The molecule has 0 saturated carbocycles. The third-order valence-electron chi connectivity index (χ3n) is 3.56. The van der Waals surface area contributed by atoms with Crippen LogP contribution in [0.3, 0.4) is 0 Å². The zero-order chi connectivity index (χ0) is 25.0. The monoisotopic (exact) mass is 532 g/mol. The highest BCUT2D eigenvalue weighted by Gasteiger charge is 2.46. The van der Waals surface area contributed by atoms with E-state index in [9.17, 15) is 42.8 Å². The zero-order valence-electron chi connectivity index (χ0n) is 16.0. The summed E-state index contributed by atoms with van der Waals surface area (Å²) in [6, 6.07) is 0.846. The van der Waals surface area contributed by atoms with E-state index in [1.807, 2.05) is 4.98 Å². The summed E-state index contributed by atoms with van der Waals surface area (Å²) >= 11 is 0. The lowest BCUT2D eigenvalue weighted by Gasteiger charge is -2.37. The van der Waals surface area contributed by atoms with Gasteiger partial charge in [0.1, 0.15) is 12.3 Å². The van der Waals surface area contributed by atoms with Crippen LogP contribution in [0.2, 0.25) is 0 Å². The van der Waals surface area contributed by atoms with Crippen molar-refractivity contribution in [2.75, 3.05) is 19.9 Å². The average Bonchev–Trinajstić information content (AvgIpc) is 2.59. The molecule has 186 valence electrons. The molecule has 21 heteroatoms. The number of rotatable bonds is 13. The van der Waals surface area contributed by atoms with Crippen molar-refractivity contribution in [1.29, 1.82) is 0 Å². The van der Waals surface area contributed by atoms with Crippen LogP contribution in [0.1, 0.15) is 13.2 Å². The SMILES string of the molecule is C[C@H](O)[C@@](CF)(COP(=O)(O)OP(=O)(O)OP(=O)(O)O)O[C@H](CO)n1ccc(=O)[nH]c1=O. The fraction of sp³-hybridized carbons (Fsp3) is 0.636. The van der Waals surface area contributed by atoms with Gasteiger partial charge >= 0.3 is 29.2 Å². The molecule has 0 spiro atoms. The van der Waals surface area contributed by atoms with E-state index in [0.29, 0.717) is 4.57 Å². The summed E-state index contributed by atoms with van der Waals surface area (Å²) in [4.78, 5) is 60.4. The van der Waals surface area contributed by atoms with Crippen LogP contribution in [0.5, 0.6) is 0 Å². The normalized spacial score (nSPS) is 20.0. The fourth-order valence-electron chi connectivity index (χ4n) is 2.04. The highest BCUT2D eigenvalue weighted by Crippen LogP contribution is 2.66. The number of aliphatic hydroxyl groups is 2. The molecule has 2 unspecified atom stereocenters. The van der Waals surface area contributed by atoms with E-state index in [4.69, 9.17) is 19.4 Å². The summed E-state index contributed by atoms with van der Waals surface area (Å²) < 4.78 is 64.7. The number of aromatic nitrogens is 2. The Morgan fingerprint density at radius 2 is 1.75 bits per heavy atom. The van der Waals surface area contributed by atoms with Gasteiger partial charge in [-0.3, -0.25) is 18.9 Å². The van der Waals surface area contributed by atoms with Gasteiger partial charge in [0.15, 0.2) is 6.23 Å². The molecule has 1 aromatic rings. The van der Waals surface area contributed by atoms with Crippen molar-refractivity contribution in [3.8, 4) is 0 Å². The first-order valence-electron chi connectivity index (χ1n) is 8.08. The molecule has 1 rings (SSSR count). The Morgan fingerprint density at radius 1 is 1.16 bits per heavy atom. The maximum absolute atomic E-state index is 13.8. The summed E-state index contributed by atoms with van der Waals surface area (Å²) in [5.41, 5.74) is -4.53. The Labute approximate surface area is 177 Å². The second kappa shape index (κ2) is 10.9. The van der Waals surface area contributed by atoms with Gasteiger partial charge < -0.3 is 34.5 Å². The number of phosphoric ester groups is 1. The van der Waals surface area contributed by atoms with Gasteiger partial charge in [0.25, 0.3) is 5.56 Å². The first kappa shape index (κ1) is 28.9. The molecule has 0 aliphatic rings. The minimum absolute atomic E-state index is 0.582. The van der Waals surface area contributed by atoms with E-state index in [0.717, 1.165) is 19.2 Å². The van der Waals surface area contributed by atoms with Gasteiger partial charge in [0.05, 0.1) is 19.3 Å². The quantitative estimate of drug-likeness (QED) is 0.142. The van der Waals surface area contributed by atoms with E-state index in [1.165, 1.54) is 0 Å². The Bertz CT molecular complexity index is 1040. The van der Waals surface area contributed by atoms with Crippen LogP contribution in [0.15, 0.2) is 21.9 Å². The largest absolute Gasteiger partial charge is 0.490 e. The fourth-order valence-corrected chi connectivity index (χ4v) is 5.11.